The summed E-state index contributed by atoms with van der Waals surface area (Å²) < 4.78 is 67.5. The third kappa shape index (κ3) is 5.68. The summed E-state index contributed by atoms with van der Waals surface area (Å²) >= 11 is 0. The number of sulfone groups is 1. The lowest BCUT2D eigenvalue weighted by Crippen LogP contribution is -2.63. The summed E-state index contributed by atoms with van der Waals surface area (Å²) in [5.41, 5.74) is 16.0. The van der Waals surface area contributed by atoms with E-state index in [0.29, 0.717) is 16.9 Å². The monoisotopic (exact) mass is 586 g/mol. The number of hydrogen-bond donors (Lipinski definition) is 2. The number of fused-ring (bicyclic) bond motifs is 1. The molecule has 0 aliphatic carbocycles. The van der Waals surface area contributed by atoms with E-state index >= 15 is 0 Å². The van der Waals surface area contributed by atoms with Gasteiger partial charge in [0.05, 0.1) is 46.0 Å². The van der Waals surface area contributed by atoms with Crippen molar-refractivity contribution in [2.24, 2.45) is 11.5 Å². The zero-order valence-corrected chi connectivity index (χ0v) is 23.1. The number of nitrogens with two attached hydrogens (primary N) is 2. The van der Waals surface area contributed by atoms with E-state index in [1.807, 2.05) is 31.2 Å². The van der Waals surface area contributed by atoms with Crippen molar-refractivity contribution in [3.63, 3.8) is 0 Å². The molecule has 5 rings (SSSR count). The van der Waals surface area contributed by atoms with Gasteiger partial charge < -0.3 is 10.6 Å². The molecule has 41 heavy (non-hydrogen) atoms. The van der Waals surface area contributed by atoms with Gasteiger partial charge in [0.15, 0.2) is 9.84 Å². The van der Waals surface area contributed by atoms with Crippen molar-refractivity contribution in [1.29, 1.82) is 0 Å². The third-order valence-electron chi connectivity index (χ3n) is 7.15. The van der Waals surface area contributed by atoms with Crippen molar-refractivity contribution in [1.82, 2.24) is 24.6 Å². The first-order valence-electron chi connectivity index (χ1n) is 12.8. The van der Waals surface area contributed by atoms with Crippen LogP contribution < -0.4 is 16.4 Å². The topological polar surface area (TPSA) is 136 Å². The Morgan fingerprint density at radius 3 is 2.41 bits per heavy atom. The third-order valence-corrected chi connectivity index (χ3v) is 8.88. The summed E-state index contributed by atoms with van der Waals surface area (Å²) in [6.07, 6.45) is -4.07. The van der Waals surface area contributed by atoms with Crippen LogP contribution in [0.15, 0.2) is 78.2 Å². The highest BCUT2D eigenvalue weighted by molar-refractivity contribution is 7.91. The molecule has 0 saturated carbocycles. The van der Waals surface area contributed by atoms with Crippen LogP contribution in [0.5, 0.6) is 0 Å². The molecule has 216 valence electrons. The number of pyridine rings is 1. The molecule has 3 heterocycles. The molecule has 0 fully saturated rings. The number of rotatable bonds is 7. The second kappa shape index (κ2) is 10.9. The van der Waals surface area contributed by atoms with Gasteiger partial charge in [0, 0.05) is 5.56 Å². The molecule has 0 bridgehead atoms. The quantitative estimate of drug-likeness (QED) is 0.332. The molecule has 0 saturated heterocycles. The maximum absolute atomic E-state index is 13.7. The molecular weight excluding hydrogens is 557 g/mol. The number of halogens is 3. The van der Waals surface area contributed by atoms with E-state index in [4.69, 9.17) is 11.5 Å². The van der Waals surface area contributed by atoms with Crippen LogP contribution in [0.2, 0.25) is 0 Å². The Hall–Kier alpha value is -3.85. The number of aromatic nitrogens is 4. The summed E-state index contributed by atoms with van der Waals surface area (Å²) in [7, 11) is -3.48. The Labute approximate surface area is 235 Å². The van der Waals surface area contributed by atoms with Gasteiger partial charge in [0.2, 0.25) is 0 Å². The average molecular weight is 587 g/mol. The molecule has 0 spiro atoms. The van der Waals surface area contributed by atoms with E-state index in [2.05, 4.69) is 15.1 Å². The van der Waals surface area contributed by atoms with Crippen molar-refractivity contribution in [3.05, 3.63) is 84.6 Å². The van der Waals surface area contributed by atoms with Crippen molar-refractivity contribution >= 4 is 15.5 Å². The van der Waals surface area contributed by atoms with Gasteiger partial charge in [-0.15, -0.1) is 0 Å². The maximum Gasteiger partial charge on any atom is 0.401 e. The van der Waals surface area contributed by atoms with Crippen LogP contribution in [0.1, 0.15) is 37.3 Å². The molecule has 4 aromatic rings. The van der Waals surface area contributed by atoms with Gasteiger partial charge in [0.25, 0.3) is 0 Å². The highest BCUT2D eigenvalue weighted by Crippen LogP contribution is 2.41. The number of alkyl halides is 3. The second-order valence-corrected chi connectivity index (χ2v) is 12.0. The zero-order valence-electron chi connectivity index (χ0n) is 22.3. The molecule has 3 atom stereocenters. The Balaban J connectivity index is 1.57. The molecule has 3 unspecified atom stereocenters. The smallest absolute Gasteiger partial charge is 0.335 e. The molecule has 2 aromatic heterocycles. The molecule has 2 aromatic carbocycles. The summed E-state index contributed by atoms with van der Waals surface area (Å²) in [4.78, 5) is 11.3. The number of hydrogen-bond acceptors (Lipinski definition) is 9. The Morgan fingerprint density at radius 1 is 1.05 bits per heavy atom. The van der Waals surface area contributed by atoms with Crippen LogP contribution in [0.4, 0.5) is 18.9 Å². The first-order valence-corrected chi connectivity index (χ1v) is 14.5. The van der Waals surface area contributed by atoms with Crippen LogP contribution in [0, 0.1) is 0 Å². The molecule has 0 radical (unpaired) electrons. The van der Waals surface area contributed by atoms with Gasteiger partial charge >= 0.3 is 6.18 Å². The minimum atomic E-state index is -4.57. The summed E-state index contributed by atoms with van der Waals surface area (Å²) in [6, 6.07) is 16.6. The number of nitrogens with zero attached hydrogens (tertiary/aromatic N) is 6. The van der Waals surface area contributed by atoms with Crippen molar-refractivity contribution < 1.29 is 21.6 Å². The van der Waals surface area contributed by atoms with Crippen molar-refractivity contribution in [2.75, 3.05) is 17.2 Å². The van der Waals surface area contributed by atoms with E-state index < -0.39 is 41.1 Å². The number of anilines is 1. The van der Waals surface area contributed by atoms with E-state index in [-0.39, 0.29) is 16.3 Å². The van der Waals surface area contributed by atoms with E-state index in [0.717, 1.165) is 16.2 Å². The highest BCUT2D eigenvalue weighted by atomic mass is 32.2. The first-order chi connectivity index (χ1) is 19.4. The lowest BCUT2D eigenvalue weighted by Gasteiger charge is -2.49. The van der Waals surface area contributed by atoms with Crippen LogP contribution in [-0.4, -0.2) is 57.8 Å². The molecule has 10 nitrogen and oxygen atoms in total. The molecule has 14 heteroatoms. The maximum atomic E-state index is 13.7. The molecule has 1 aliphatic rings. The van der Waals surface area contributed by atoms with E-state index in [1.54, 1.807) is 47.1 Å². The van der Waals surface area contributed by atoms with Gasteiger partial charge in [0.1, 0.15) is 25.1 Å². The molecule has 1 aliphatic heterocycles. The van der Waals surface area contributed by atoms with Gasteiger partial charge in [-0.2, -0.15) is 18.3 Å². The minimum absolute atomic E-state index is 0.0735. The Bertz CT molecular complexity index is 1630. The van der Waals surface area contributed by atoms with Crippen LogP contribution in [-0.2, 0) is 9.84 Å². The largest absolute Gasteiger partial charge is 0.401 e. The van der Waals surface area contributed by atoms with Gasteiger partial charge in [-0.25, -0.2) is 28.0 Å². The van der Waals surface area contributed by atoms with Gasteiger partial charge in [-0.05, 0) is 48.9 Å². The standard InChI is InChI=1S/C27H29F3N8O2S/c1-3-41(39,40)21-6-4-5-19(13-21)22-11-12-23-24(35-22)25(31)36(14-27(28,29)30)26(32)38(23)17(2)18-7-9-20(10-8-18)37-16-33-15-34-37/h4-13,15-17,25-26H,3,14,31-32H2,1-2H3. The average Bonchev–Trinajstić information content (AvgIpc) is 3.50. The van der Waals surface area contributed by atoms with E-state index in [9.17, 15) is 21.6 Å². The van der Waals surface area contributed by atoms with Crippen molar-refractivity contribution in [3.8, 4) is 16.9 Å². The second-order valence-electron chi connectivity index (χ2n) is 9.69. The number of benzene rings is 2. The van der Waals surface area contributed by atoms with Crippen LogP contribution >= 0.6 is 0 Å². The first kappa shape index (κ1) is 28.7. The van der Waals surface area contributed by atoms with Crippen LogP contribution in [0.25, 0.3) is 16.9 Å². The lowest BCUT2D eigenvalue weighted by atomic mass is 10.0. The Kier molecular flexibility index (Phi) is 7.59. The van der Waals surface area contributed by atoms with Crippen molar-refractivity contribution in [2.45, 2.75) is 43.4 Å². The SMILES string of the molecule is CCS(=O)(=O)c1cccc(-c2ccc3c(n2)C(N)N(CC(F)(F)F)C(N)N3C(C)c2ccc(-n3cncn3)cc2)c1. The molecule has 0 amide bonds. The fraction of sp³-hybridized carbons (Fsp3) is 0.296. The predicted octanol–water partition coefficient (Wildman–Crippen LogP) is 3.77. The summed E-state index contributed by atoms with van der Waals surface area (Å²) in [5, 5.41) is 4.11. The summed E-state index contributed by atoms with van der Waals surface area (Å²) in [5.74, 6) is -0.0735. The fourth-order valence-electron chi connectivity index (χ4n) is 4.95. The Morgan fingerprint density at radius 2 is 1.78 bits per heavy atom. The normalized spacial score (nSPS) is 18.8. The highest BCUT2D eigenvalue weighted by Gasteiger charge is 2.44. The van der Waals surface area contributed by atoms with Crippen LogP contribution in [0.3, 0.4) is 0 Å². The minimum Gasteiger partial charge on any atom is -0.335 e. The zero-order chi connectivity index (χ0) is 29.5. The lowest BCUT2D eigenvalue weighted by molar-refractivity contribution is -0.158. The molecular formula is C27H29F3N8O2S. The fourth-order valence-corrected chi connectivity index (χ4v) is 5.87. The van der Waals surface area contributed by atoms with Gasteiger partial charge in [-0.3, -0.25) is 5.73 Å². The van der Waals surface area contributed by atoms with Gasteiger partial charge in [-0.1, -0.05) is 31.2 Å². The van der Waals surface area contributed by atoms with E-state index in [1.165, 1.54) is 18.5 Å². The predicted molar refractivity (Wildman–Crippen MR) is 147 cm³/mol. The summed E-state index contributed by atoms with van der Waals surface area (Å²) in [6.45, 7) is 2.04. The molecule has 4 N–H and O–H groups in total.